The van der Waals surface area contributed by atoms with E-state index in [2.05, 4.69) is 5.16 Å². The van der Waals surface area contributed by atoms with Gasteiger partial charge in [0, 0.05) is 43.9 Å². The highest BCUT2D eigenvalue weighted by Gasteiger charge is 2.31. The zero-order chi connectivity index (χ0) is 23.5. The summed E-state index contributed by atoms with van der Waals surface area (Å²) in [4.78, 5) is 17.0. The molecular weight excluding hydrogens is 455 g/mol. The molecule has 2 aromatic carbocycles. The number of anilines is 1. The number of piperazine rings is 1. The lowest BCUT2D eigenvalue weighted by molar-refractivity contribution is -0.991. The number of methoxy groups -OCH3 is 1. The lowest BCUT2D eigenvalue weighted by Crippen LogP contribution is -2.99. The minimum atomic E-state index is -1.05. The van der Waals surface area contributed by atoms with Crippen molar-refractivity contribution >= 4 is 28.9 Å². The number of nitrogens with one attached hydrogen (secondary N) is 1. The van der Waals surface area contributed by atoms with E-state index in [1.54, 1.807) is 35.2 Å². The van der Waals surface area contributed by atoms with Gasteiger partial charge in [-0.15, -0.1) is 0 Å². The summed E-state index contributed by atoms with van der Waals surface area (Å²) in [6.45, 7) is 0.696. The molecule has 1 fully saturated rings. The number of alkyl halides is 1. The third kappa shape index (κ3) is 4.51. The fraction of sp³-hybridized carbons (Fsp3) is 0.273. The molecule has 1 saturated heterocycles. The van der Waals surface area contributed by atoms with E-state index in [1.807, 2.05) is 4.90 Å². The van der Waals surface area contributed by atoms with E-state index in [4.69, 9.17) is 26.1 Å². The Labute approximate surface area is 194 Å². The Balaban J connectivity index is 1.55. The molecule has 3 aromatic rings. The van der Waals surface area contributed by atoms with E-state index in [-0.39, 0.29) is 28.6 Å². The van der Waals surface area contributed by atoms with Gasteiger partial charge in [0.2, 0.25) is 0 Å². The van der Waals surface area contributed by atoms with Crippen molar-refractivity contribution in [3.8, 4) is 17.0 Å². The first-order valence-electron chi connectivity index (χ1n) is 10.2. The molecule has 174 valence electrons. The van der Waals surface area contributed by atoms with Crippen LogP contribution >= 0.6 is 11.6 Å². The highest BCUT2D eigenvalue weighted by atomic mass is 35.5. The first-order valence-corrected chi connectivity index (χ1v) is 10.6. The first-order chi connectivity index (χ1) is 15.9. The fourth-order valence-electron chi connectivity index (χ4n) is 3.86. The van der Waals surface area contributed by atoms with Crippen molar-refractivity contribution in [2.24, 2.45) is 0 Å². The van der Waals surface area contributed by atoms with Gasteiger partial charge in [0.05, 0.1) is 17.8 Å². The number of para-hydroxylation sites is 1. The van der Waals surface area contributed by atoms with E-state index in [0.29, 0.717) is 48.2 Å². The van der Waals surface area contributed by atoms with Crippen molar-refractivity contribution < 1.29 is 28.9 Å². The Kier molecular flexibility index (Phi) is 6.80. The number of quaternary nitrogens is 1. The van der Waals surface area contributed by atoms with Gasteiger partial charge < -0.3 is 24.3 Å². The molecule has 1 aliphatic heterocycles. The fourth-order valence-corrected chi connectivity index (χ4v) is 4.16. The zero-order valence-electron chi connectivity index (χ0n) is 17.8. The number of ether oxygens (including phenoxy) is 1. The van der Waals surface area contributed by atoms with Crippen LogP contribution in [-0.2, 0) is 6.67 Å². The number of hydrogen-bond acceptors (Lipinski definition) is 7. The number of halogens is 2. The predicted molar refractivity (Wildman–Crippen MR) is 119 cm³/mol. The molecule has 0 bridgehead atoms. The highest BCUT2D eigenvalue weighted by Crippen LogP contribution is 2.34. The topological polar surface area (TPSA) is 107 Å². The monoisotopic (exact) mass is 476 g/mol. The zero-order valence-corrected chi connectivity index (χ0v) is 18.5. The summed E-state index contributed by atoms with van der Waals surface area (Å²) in [6, 6.07) is 11.6. The summed E-state index contributed by atoms with van der Waals surface area (Å²) >= 11 is 6.28. The third-order valence-corrected chi connectivity index (χ3v) is 5.87. The molecule has 0 saturated carbocycles. The Morgan fingerprint density at radius 3 is 2.64 bits per heavy atom. The molecule has 0 spiro atoms. The van der Waals surface area contributed by atoms with Gasteiger partial charge in [0.1, 0.15) is 17.0 Å². The maximum atomic E-state index is 13.6. The quantitative estimate of drug-likeness (QED) is 0.527. The summed E-state index contributed by atoms with van der Waals surface area (Å²) in [6.07, 6.45) is 0. The van der Waals surface area contributed by atoms with Gasteiger partial charge in [-0.3, -0.25) is 4.79 Å². The number of carbonyl (C=O) groups is 1. The number of hydrogen-bond donors (Lipinski definition) is 2. The first kappa shape index (κ1) is 23.0. The van der Waals surface area contributed by atoms with E-state index in [1.165, 1.54) is 19.2 Å². The summed E-state index contributed by atoms with van der Waals surface area (Å²) in [5, 5.41) is 23.5. The molecule has 1 amide bonds. The van der Waals surface area contributed by atoms with Gasteiger partial charge in [0.25, 0.3) is 5.91 Å². The lowest BCUT2D eigenvalue weighted by atomic mass is 10.0. The largest absolute Gasteiger partial charge is 0.595 e. The van der Waals surface area contributed by atoms with Gasteiger partial charge in [-0.25, -0.2) is 9.60 Å². The Bertz CT molecular complexity index is 1150. The predicted octanol–water partition coefficient (Wildman–Crippen LogP) is 2.84. The van der Waals surface area contributed by atoms with Crippen molar-refractivity contribution in [2.75, 3.05) is 38.2 Å². The number of rotatable bonds is 6. The number of benzene rings is 2. The molecule has 1 aromatic heterocycles. The van der Waals surface area contributed by atoms with Crippen molar-refractivity contribution in [2.45, 2.75) is 6.67 Å². The standard InChI is InChI=1S/C22H22ClFN4O5/c1-32-18-5-3-2-4-15(18)21-20(19(13-24)33-25-21)22(29)27-10-8-26(9-11-27)17-7-6-14(28(30)31)12-16(17)23/h2-7,12,28,30H,8-11,13H2,1H3. The van der Waals surface area contributed by atoms with Crippen LogP contribution in [-0.4, -0.2) is 54.5 Å². The number of aromatic nitrogens is 1. The molecule has 9 nitrogen and oxygen atoms in total. The van der Waals surface area contributed by atoms with Crippen LogP contribution in [0.5, 0.6) is 5.75 Å². The van der Waals surface area contributed by atoms with Crippen LogP contribution in [0.4, 0.5) is 15.8 Å². The molecule has 1 unspecified atom stereocenters. The van der Waals surface area contributed by atoms with Crippen LogP contribution in [0.2, 0.25) is 5.02 Å². The van der Waals surface area contributed by atoms with Crippen LogP contribution in [0.15, 0.2) is 47.0 Å². The molecule has 1 aliphatic rings. The Morgan fingerprint density at radius 1 is 1.27 bits per heavy atom. The van der Waals surface area contributed by atoms with E-state index in [0.717, 1.165) is 0 Å². The van der Waals surface area contributed by atoms with Gasteiger partial charge >= 0.3 is 0 Å². The van der Waals surface area contributed by atoms with Gasteiger partial charge in [-0.05, 0) is 18.2 Å². The summed E-state index contributed by atoms with van der Waals surface area (Å²) < 4.78 is 24.1. The molecule has 4 rings (SSSR count). The van der Waals surface area contributed by atoms with Crippen LogP contribution < -0.4 is 14.9 Å². The van der Waals surface area contributed by atoms with Gasteiger partial charge in [-0.2, -0.15) is 5.23 Å². The molecule has 33 heavy (non-hydrogen) atoms. The average Bonchev–Trinajstić information content (AvgIpc) is 3.27. The van der Waals surface area contributed by atoms with Crippen LogP contribution in [0, 0.1) is 5.21 Å². The van der Waals surface area contributed by atoms with Gasteiger partial charge in [-0.1, -0.05) is 28.9 Å². The third-order valence-electron chi connectivity index (χ3n) is 5.56. The van der Waals surface area contributed by atoms with Crippen molar-refractivity contribution in [3.63, 3.8) is 0 Å². The molecule has 11 heteroatoms. The van der Waals surface area contributed by atoms with E-state index < -0.39 is 11.9 Å². The maximum absolute atomic E-state index is 13.6. The van der Waals surface area contributed by atoms with Crippen molar-refractivity contribution in [1.29, 1.82) is 0 Å². The summed E-state index contributed by atoms with van der Waals surface area (Å²) in [5.41, 5.74) is 1.65. The molecule has 0 aliphatic carbocycles. The smallest absolute Gasteiger partial charge is 0.259 e. The molecule has 1 atom stereocenters. The second kappa shape index (κ2) is 9.75. The summed E-state index contributed by atoms with van der Waals surface area (Å²) in [5.74, 6) is -0.0121. The normalized spacial score (nSPS) is 14.9. The molecule has 0 radical (unpaired) electrons. The van der Waals surface area contributed by atoms with Crippen LogP contribution in [0.3, 0.4) is 0 Å². The summed E-state index contributed by atoms with van der Waals surface area (Å²) in [7, 11) is 1.50. The molecule has 2 N–H and O–H groups in total. The second-order valence-corrected chi connectivity index (χ2v) is 7.82. The SMILES string of the molecule is COc1ccccc1-c1noc(CF)c1C(=O)N1CCN(c2ccc([NH+]([O-])O)cc2Cl)CC1. The maximum Gasteiger partial charge on any atom is 0.259 e. The van der Waals surface area contributed by atoms with E-state index >= 15 is 0 Å². The van der Waals surface area contributed by atoms with Crippen molar-refractivity contribution in [1.82, 2.24) is 10.1 Å². The Morgan fingerprint density at radius 2 is 2.00 bits per heavy atom. The Hall–Kier alpha value is -3.18. The minimum Gasteiger partial charge on any atom is -0.595 e. The average molecular weight is 477 g/mol. The molecule has 2 heterocycles. The number of amides is 1. The highest BCUT2D eigenvalue weighted by molar-refractivity contribution is 6.33. The van der Waals surface area contributed by atoms with Crippen molar-refractivity contribution in [3.05, 3.63) is 64.0 Å². The second-order valence-electron chi connectivity index (χ2n) is 7.41. The van der Waals surface area contributed by atoms with Crippen LogP contribution in [0.25, 0.3) is 11.3 Å². The molecular formula is C22H22ClFN4O5. The number of carbonyl (C=O) groups excluding carboxylic acids is 1. The van der Waals surface area contributed by atoms with Gasteiger partial charge in [0.15, 0.2) is 18.1 Å². The van der Waals surface area contributed by atoms with E-state index in [9.17, 15) is 14.4 Å². The lowest BCUT2D eigenvalue weighted by Gasteiger charge is -2.36. The minimum absolute atomic E-state index is 0.0827. The van der Waals surface area contributed by atoms with Crippen LogP contribution in [0.1, 0.15) is 16.1 Å². The number of nitrogens with zero attached hydrogens (tertiary/aromatic N) is 3.